The zero-order valence-electron chi connectivity index (χ0n) is 17.5. The first kappa shape index (κ1) is 20.7. The van der Waals surface area contributed by atoms with E-state index in [9.17, 15) is 4.79 Å². The van der Waals surface area contributed by atoms with Gasteiger partial charge in [-0.3, -0.25) is 14.7 Å². The number of pyridine rings is 1. The molecule has 0 radical (unpaired) electrons. The number of aromatic nitrogens is 4. The number of hydrogen-bond acceptors (Lipinski definition) is 6. The second kappa shape index (κ2) is 9.49. The Morgan fingerprint density at radius 3 is 2.83 bits per heavy atom. The fourth-order valence-corrected chi connectivity index (χ4v) is 4.61. The molecule has 158 valence electrons. The maximum absolute atomic E-state index is 12.8. The predicted octanol–water partition coefficient (Wildman–Crippen LogP) is 3.31. The number of carbonyl (C=O) groups excluding carboxylic acids is 1. The lowest BCUT2D eigenvalue weighted by Gasteiger charge is -2.22. The van der Waals surface area contributed by atoms with Crippen molar-refractivity contribution < 1.29 is 4.79 Å². The molecule has 0 saturated carbocycles. The third-order valence-electron chi connectivity index (χ3n) is 5.35. The summed E-state index contributed by atoms with van der Waals surface area (Å²) in [4.78, 5) is 20.7. The van der Waals surface area contributed by atoms with E-state index in [0.29, 0.717) is 11.5 Å². The van der Waals surface area contributed by atoms with Gasteiger partial charge in [-0.2, -0.15) is 0 Å². The summed E-state index contributed by atoms with van der Waals surface area (Å²) >= 11 is 1.80. The molecule has 4 heterocycles. The number of thiophene rings is 1. The van der Waals surface area contributed by atoms with Crippen LogP contribution in [0.2, 0.25) is 0 Å². The summed E-state index contributed by atoms with van der Waals surface area (Å²) in [5, 5.41) is 14.3. The van der Waals surface area contributed by atoms with Gasteiger partial charge in [-0.15, -0.1) is 21.5 Å². The van der Waals surface area contributed by atoms with Crippen LogP contribution in [0.5, 0.6) is 0 Å². The van der Waals surface area contributed by atoms with Crippen molar-refractivity contribution in [1.29, 1.82) is 0 Å². The quantitative estimate of drug-likeness (QED) is 0.630. The van der Waals surface area contributed by atoms with Gasteiger partial charge in [-0.25, -0.2) is 0 Å². The Morgan fingerprint density at radius 2 is 2.10 bits per heavy atom. The lowest BCUT2D eigenvalue weighted by atomic mass is 10.0. The molecule has 0 aliphatic carbocycles. The highest BCUT2D eigenvalue weighted by molar-refractivity contribution is 7.09. The van der Waals surface area contributed by atoms with Crippen molar-refractivity contribution in [2.75, 3.05) is 13.1 Å². The minimum Gasteiger partial charge on any atom is -0.342 e. The summed E-state index contributed by atoms with van der Waals surface area (Å²) in [5.41, 5.74) is 0.559. The smallest absolute Gasteiger partial charge is 0.253 e. The van der Waals surface area contributed by atoms with E-state index in [4.69, 9.17) is 0 Å². The van der Waals surface area contributed by atoms with Gasteiger partial charge in [0.1, 0.15) is 5.82 Å². The molecule has 1 aliphatic heterocycles. The molecule has 7 nitrogen and oxygen atoms in total. The van der Waals surface area contributed by atoms with Crippen LogP contribution < -0.4 is 5.32 Å². The van der Waals surface area contributed by atoms with Crippen molar-refractivity contribution in [2.45, 2.75) is 45.8 Å². The zero-order chi connectivity index (χ0) is 20.9. The molecule has 0 unspecified atom stereocenters. The number of amides is 1. The number of nitrogens with zero attached hydrogens (tertiary/aromatic N) is 5. The second-order valence-electron chi connectivity index (χ2n) is 8.13. The van der Waals surface area contributed by atoms with E-state index in [-0.39, 0.29) is 11.9 Å². The molecule has 0 aromatic carbocycles. The average Bonchev–Trinajstić information content (AvgIpc) is 3.35. The van der Waals surface area contributed by atoms with Crippen molar-refractivity contribution in [2.24, 2.45) is 5.92 Å². The molecule has 3 aromatic heterocycles. The van der Waals surface area contributed by atoms with Gasteiger partial charge in [0.2, 0.25) is 0 Å². The fourth-order valence-electron chi connectivity index (χ4n) is 3.87. The van der Waals surface area contributed by atoms with Gasteiger partial charge in [0.25, 0.3) is 5.91 Å². The molecule has 4 rings (SSSR count). The summed E-state index contributed by atoms with van der Waals surface area (Å²) in [5.74, 6) is 2.15. The summed E-state index contributed by atoms with van der Waals surface area (Å²) in [6.07, 6.45) is 4.93. The van der Waals surface area contributed by atoms with Gasteiger partial charge >= 0.3 is 0 Å². The van der Waals surface area contributed by atoms with Crippen molar-refractivity contribution in [3.05, 3.63) is 64.1 Å². The van der Waals surface area contributed by atoms with Crippen molar-refractivity contribution in [1.82, 2.24) is 30.0 Å². The van der Waals surface area contributed by atoms with Crippen LogP contribution in [0, 0.1) is 5.92 Å². The standard InChI is InChI=1S/C22H28N6OS/c1-16(2)13-19(24-22(29)17-5-3-8-23-14-17)21-26-25-20-7-9-27(10-11-28(20)21)15-18-6-4-12-30-18/h3-6,8,12,14,16,19H,7,9-11,13,15H2,1-2H3,(H,24,29)/t19-/m0/s1. The first-order valence-corrected chi connectivity index (χ1v) is 11.4. The minimum atomic E-state index is -0.178. The van der Waals surface area contributed by atoms with Gasteiger partial charge in [0.15, 0.2) is 5.82 Å². The van der Waals surface area contributed by atoms with Crippen molar-refractivity contribution in [3.8, 4) is 0 Å². The zero-order valence-corrected chi connectivity index (χ0v) is 18.3. The molecular weight excluding hydrogens is 396 g/mol. The third-order valence-corrected chi connectivity index (χ3v) is 6.22. The molecule has 1 atom stereocenters. The van der Waals surface area contributed by atoms with Crippen molar-refractivity contribution in [3.63, 3.8) is 0 Å². The van der Waals surface area contributed by atoms with Gasteiger partial charge in [0, 0.05) is 49.9 Å². The monoisotopic (exact) mass is 424 g/mol. The van der Waals surface area contributed by atoms with E-state index < -0.39 is 0 Å². The molecule has 0 spiro atoms. The first-order chi connectivity index (χ1) is 14.6. The Balaban J connectivity index is 1.50. The largest absolute Gasteiger partial charge is 0.342 e. The number of hydrogen-bond donors (Lipinski definition) is 1. The molecule has 3 aromatic rings. The first-order valence-electron chi connectivity index (χ1n) is 10.5. The SMILES string of the molecule is CC(C)C[C@H](NC(=O)c1cccnc1)c1nnc2n1CCN(Cc1cccs1)CC2. The molecular formula is C22H28N6OS. The molecule has 0 saturated heterocycles. The Kier molecular flexibility index (Phi) is 6.54. The lowest BCUT2D eigenvalue weighted by Crippen LogP contribution is -2.32. The van der Waals surface area contributed by atoms with Crippen LogP contribution >= 0.6 is 11.3 Å². The highest BCUT2D eigenvalue weighted by Crippen LogP contribution is 2.23. The fraction of sp³-hybridized carbons (Fsp3) is 0.455. The van der Waals surface area contributed by atoms with Gasteiger partial charge in [-0.1, -0.05) is 19.9 Å². The molecule has 1 N–H and O–H groups in total. The number of rotatable bonds is 7. The molecule has 30 heavy (non-hydrogen) atoms. The second-order valence-corrected chi connectivity index (χ2v) is 9.16. The van der Waals surface area contributed by atoms with Gasteiger partial charge in [0.05, 0.1) is 11.6 Å². The molecule has 8 heteroatoms. The van der Waals surface area contributed by atoms with Crippen LogP contribution in [0.3, 0.4) is 0 Å². The Morgan fingerprint density at radius 1 is 1.20 bits per heavy atom. The predicted molar refractivity (Wildman–Crippen MR) is 117 cm³/mol. The molecule has 1 aliphatic rings. The van der Waals surface area contributed by atoms with Crippen LogP contribution in [-0.4, -0.2) is 43.6 Å². The maximum atomic E-state index is 12.8. The Hall–Kier alpha value is -2.58. The van der Waals surface area contributed by atoms with E-state index in [0.717, 1.165) is 50.7 Å². The van der Waals surface area contributed by atoms with Crippen LogP contribution in [0.25, 0.3) is 0 Å². The van der Waals surface area contributed by atoms with Crippen molar-refractivity contribution >= 4 is 17.2 Å². The lowest BCUT2D eigenvalue weighted by molar-refractivity contribution is 0.0928. The number of nitrogens with one attached hydrogen (secondary N) is 1. The van der Waals surface area contributed by atoms with Gasteiger partial charge in [-0.05, 0) is 35.9 Å². The summed E-state index contributed by atoms with van der Waals surface area (Å²) in [7, 11) is 0. The highest BCUT2D eigenvalue weighted by Gasteiger charge is 2.26. The van der Waals surface area contributed by atoms with Gasteiger partial charge < -0.3 is 9.88 Å². The van der Waals surface area contributed by atoms with E-state index in [2.05, 4.69) is 61.3 Å². The average molecular weight is 425 g/mol. The number of carbonyl (C=O) groups is 1. The third kappa shape index (κ3) is 4.94. The number of fused-ring (bicyclic) bond motifs is 1. The van der Waals surface area contributed by atoms with Crippen LogP contribution in [0.1, 0.15) is 53.2 Å². The Labute approximate surface area is 181 Å². The summed E-state index contributed by atoms with van der Waals surface area (Å²) < 4.78 is 2.21. The molecule has 0 bridgehead atoms. The van der Waals surface area contributed by atoms with E-state index >= 15 is 0 Å². The topological polar surface area (TPSA) is 75.9 Å². The Bertz CT molecular complexity index is 953. The van der Waals surface area contributed by atoms with E-state index in [1.807, 2.05) is 0 Å². The van der Waals surface area contributed by atoms with Crippen LogP contribution in [-0.2, 0) is 19.5 Å². The van der Waals surface area contributed by atoms with E-state index in [1.54, 1.807) is 35.9 Å². The molecule has 1 amide bonds. The van der Waals surface area contributed by atoms with Crippen LogP contribution in [0.15, 0.2) is 42.0 Å². The normalized spacial score (nSPS) is 15.6. The minimum absolute atomic E-state index is 0.126. The highest BCUT2D eigenvalue weighted by atomic mass is 32.1. The van der Waals surface area contributed by atoms with E-state index in [1.165, 1.54) is 4.88 Å². The van der Waals surface area contributed by atoms with Crippen LogP contribution in [0.4, 0.5) is 0 Å². The summed E-state index contributed by atoms with van der Waals surface area (Å²) in [6, 6.07) is 7.67. The summed E-state index contributed by atoms with van der Waals surface area (Å²) in [6.45, 7) is 8.03. The maximum Gasteiger partial charge on any atom is 0.253 e. The molecule has 0 fully saturated rings.